The molecule has 0 radical (unpaired) electrons. The number of halogens is 1. The molecule has 0 amide bonds. The largest absolute Gasteiger partial charge is 0.268 e. The van der Waals surface area contributed by atoms with Crippen molar-refractivity contribution in [2.45, 2.75) is 17.8 Å². The predicted molar refractivity (Wildman–Crippen MR) is 117 cm³/mol. The second kappa shape index (κ2) is 7.42. The van der Waals surface area contributed by atoms with Gasteiger partial charge in [0, 0.05) is 5.75 Å². The van der Waals surface area contributed by atoms with Crippen LogP contribution in [0.2, 0.25) is 0 Å². The molecule has 30 heavy (non-hydrogen) atoms. The van der Waals surface area contributed by atoms with Gasteiger partial charge in [-0.3, -0.25) is 9.20 Å². The van der Waals surface area contributed by atoms with Gasteiger partial charge in [0.2, 0.25) is 5.78 Å². The van der Waals surface area contributed by atoms with Crippen LogP contribution < -0.4 is 5.56 Å². The van der Waals surface area contributed by atoms with Gasteiger partial charge < -0.3 is 0 Å². The van der Waals surface area contributed by atoms with Crippen molar-refractivity contribution >= 4 is 28.4 Å². The Morgan fingerprint density at radius 2 is 1.77 bits per heavy atom. The van der Waals surface area contributed by atoms with E-state index in [9.17, 15) is 9.18 Å². The Labute approximate surface area is 175 Å². The first-order valence-electron chi connectivity index (χ1n) is 9.45. The molecule has 3 aromatic carbocycles. The Hall–Kier alpha value is -3.45. The van der Waals surface area contributed by atoms with Gasteiger partial charge in [-0.05, 0) is 48.4 Å². The van der Waals surface area contributed by atoms with Gasteiger partial charge in [-0.2, -0.15) is 0 Å². The summed E-state index contributed by atoms with van der Waals surface area (Å²) < 4.78 is 17.0. The van der Waals surface area contributed by atoms with Crippen molar-refractivity contribution in [3.63, 3.8) is 0 Å². The third-order valence-corrected chi connectivity index (χ3v) is 6.01. The molecule has 5 rings (SSSR count). The van der Waals surface area contributed by atoms with E-state index in [0.717, 1.165) is 22.3 Å². The van der Waals surface area contributed by atoms with E-state index >= 15 is 0 Å². The highest BCUT2D eigenvalue weighted by Crippen LogP contribution is 2.26. The summed E-state index contributed by atoms with van der Waals surface area (Å²) in [6.07, 6.45) is 0. The minimum absolute atomic E-state index is 0.138. The van der Waals surface area contributed by atoms with Crippen LogP contribution >= 0.6 is 11.8 Å². The number of para-hydroxylation sites is 2. The summed E-state index contributed by atoms with van der Waals surface area (Å²) in [7, 11) is 0. The van der Waals surface area contributed by atoms with E-state index in [1.165, 1.54) is 23.9 Å². The monoisotopic (exact) mass is 416 g/mol. The molecule has 0 aliphatic carbocycles. The van der Waals surface area contributed by atoms with Crippen LogP contribution in [0.5, 0.6) is 0 Å². The standard InChI is InChI=1S/C23H17FN4OS/c1-15-7-2-4-11-19(15)27-21(29)18-10-3-5-12-20(18)28-22(27)25-26-23(28)30-14-16-8-6-9-17(24)13-16/h2-13H,14H2,1H3. The smallest absolute Gasteiger partial charge is 0.267 e. The fourth-order valence-corrected chi connectivity index (χ4v) is 4.46. The lowest BCUT2D eigenvalue weighted by atomic mass is 10.2. The molecule has 0 aliphatic rings. The highest BCUT2D eigenvalue weighted by Gasteiger charge is 2.18. The number of fused-ring (bicyclic) bond motifs is 3. The lowest BCUT2D eigenvalue weighted by molar-refractivity contribution is 0.626. The summed E-state index contributed by atoms with van der Waals surface area (Å²) in [6.45, 7) is 1.96. The number of rotatable bonds is 4. The number of hydrogen-bond donors (Lipinski definition) is 0. The summed E-state index contributed by atoms with van der Waals surface area (Å²) in [5, 5.41) is 9.95. The lowest BCUT2D eigenvalue weighted by Crippen LogP contribution is -2.22. The Bertz CT molecular complexity index is 1460. The van der Waals surface area contributed by atoms with E-state index in [1.807, 2.05) is 65.9 Å². The van der Waals surface area contributed by atoms with E-state index in [2.05, 4.69) is 10.2 Å². The molecular formula is C23H17FN4OS. The third kappa shape index (κ3) is 3.07. The average molecular weight is 416 g/mol. The molecule has 0 fully saturated rings. The quantitative estimate of drug-likeness (QED) is 0.396. The van der Waals surface area contributed by atoms with Crippen molar-refractivity contribution in [3.8, 4) is 5.69 Å². The minimum Gasteiger partial charge on any atom is -0.268 e. The van der Waals surface area contributed by atoms with Gasteiger partial charge in [-0.25, -0.2) is 8.96 Å². The van der Waals surface area contributed by atoms with Crippen LogP contribution in [0.15, 0.2) is 82.7 Å². The molecule has 0 saturated heterocycles. The Kier molecular flexibility index (Phi) is 4.59. The summed E-state index contributed by atoms with van der Waals surface area (Å²) >= 11 is 1.45. The molecular weight excluding hydrogens is 399 g/mol. The second-order valence-corrected chi connectivity index (χ2v) is 7.92. The number of nitrogens with zero attached hydrogens (tertiary/aromatic N) is 4. The Morgan fingerprint density at radius 1 is 0.967 bits per heavy atom. The molecule has 2 aromatic heterocycles. The van der Waals surface area contributed by atoms with Gasteiger partial charge in [0.05, 0.1) is 16.6 Å². The normalized spacial score (nSPS) is 11.4. The fraction of sp³-hybridized carbons (Fsp3) is 0.0870. The topological polar surface area (TPSA) is 52.2 Å². The number of aryl methyl sites for hydroxylation is 1. The number of thioether (sulfide) groups is 1. The highest BCUT2D eigenvalue weighted by molar-refractivity contribution is 7.98. The number of aromatic nitrogens is 4. The first kappa shape index (κ1) is 18.6. The number of hydrogen-bond acceptors (Lipinski definition) is 4. The van der Waals surface area contributed by atoms with Crippen molar-refractivity contribution in [2.75, 3.05) is 0 Å². The maximum Gasteiger partial charge on any atom is 0.267 e. The van der Waals surface area contributed by atoms with Crippen molar-refractivity contribution in [1.82, 2.24) is 19.2 Å². The van der Waals surface area contributed by atoms with Gasteiger partial charge in [-0.15, -0.1) is 10.2 Å². The van der Waals surface area contributed by atoms with Crippen molar-refractivity contribution in [1.29, 1.82) is 0 Å². The summed E-state index contributed by atoms with van der Waals surface area (Å²) in [5.74, 6) is 0.726. The van der Waals surface area contributed by atoms with Crippen molar-refractivity contribution in [3.05, 3.63) is 100 Å². The summed E-state index contributed by atoms with van der Waals surface area (Å²) in [4.78, 5) is 13.4. The fourth-order valence-electron chi connectivity index (χ4n) is 3.58. The zero-order valence-corrected chi connectivity index (χ0v) is 16.9. The van der Waals surface area contributed by atoms with Gasteiger partial charge in [0.15, 0.2) is 5.16 Å². The van der Waals surface area contributed by atoms with Crippen LogP contribution in [0.1, 0.15) is 11.1 Å². The zero-order valence-electron chi connectivity index (χ0n) is 16.1. The Balaban J connectivity index is 1.73. The molecule has 0 bridgehead atoms. The molecule has 0 N–H and O–H groups in total. The van der Waals surface area contributed by atoms with Gasteiger partial charge in [0.1, 0.15) is 5.82 Å². The maximum absolute atomic E-state index is 13.5. The van der Waals surface area contributed by atoms with E-state index in [-0.39, 0.29) is 11.4 Å². The molecule has 148 valence electrons. The maximum atomic E-state index is 13.5. The van der Waals surface area contributed by atoms with Crippen LogP contribution in [-0.2, 0) is 5.75 Å². The first-order valence-corrected chi connectivity index (χ1v) is 10.4. The van der Waals surface area contributed by atoms with E-state index in [4.69, 9.17) is 0 Å². The van der Waals surface area contributed by atoms with Crippen LogP contribution in [0.25, 0.3) is 22.4 Å². The molecule has 7 heteroatoms. The molecule has 5 aromatic rings. The molecule has 2 heterocycles. The zero-order chi connectivity index (χ0) is 20.7. The molecule has 0 spiro atoms. The van der Waals surface area contributed by atoms with E-state index < -0.39 is 0 Å². The molecule has 0 saturated carbocycles. The molecule has 5 nitrogen and oxygen atoms in total. The van der Waals surface area contributed by atoms with Crippen LogP contribution in [0, 0.1) is 12.7 Å². The SMILES string of the molecule is Cc1ccccc1-n1c(=O)c2ccccc2n2c(SCc3cccc(F)c3)nnc12. The van der Waals surface area contributed by atoms with Gasteiger partial charge >= 0.3 is 0 Å². The Morgan fingerprint density at radius 3 is 2.60 bits per heavy atom. The summed E-state index contributed by atoms with van der Waals surface area (Å²) in [5.41, 5.74) is 3.20. The predicted octanol–water partition coefficient (Wildman–Crippen LogP) is 4.77. The minimum atomic E-state index is -0.266. The molecule has 0 unspecified atom stereocenters. The van der Waals surface area contributed by atoms with Gasteiger partial charge in [0.25, 0.3) is 5.56 Å². The van der Waals surface area contributed by atoms with E-state index in [1.54, 1.807) is 10.6 Å². The molecule has 0 atom stereocenters. The third-order valence-electron chi connectivity index (χ3n) is 5.01. The summed E-state index contributed by atoms with van der Waals surface area (Å²) in [6, 6.07) is 21.6. The van der Waals surface area contributed by atoms with Crippen LogP contribution in [0.3, 0.4) is 0 Å². The van der Waals surface area contributed by atoms with E-state index in [0.29, 0.717) is 22.1 Å². The second-order valence-electron chi connectivity index (χ2n) is 6.98. The highest BCUT2D eigenvalue weighted by atomic mass is 32.2. The average Bonchev–Trinajstić information content (AvgIpc) is 3.17. The van der Waals surface area contributed by atoms with Crippen molar-refractivity contribution in [2.24, 2.45) is 0 Å². The molecule has 0 aliphatic heterocycles. The van der Waals surface area contributed by atoms with Crippen molar-refractivity contribution < 1.29 is 4.39 Å². The van der Waals surface area contributed by atoms with Crippen LogP contribution in [-0.4, -0.2) is 19.2 Å². The number of benzene rings is 3. The lowest BCUT2D eigenvalue weighted by Gasteiger charge is -2.13. The van der Waals surface area contributed by atoms with Gasteiger partial charge in [-0.1, -0.05) is 54.2 Å². The van der Waals surface area contributed by atoms with Crippen LogP contribution in [0.4, 0.5) is 4.39 Å². The first-order chi connectivity index (χ1) is 14.6.